The van der Waals surface area contributed by atoms with Crippen LogP contribution in [0, 0.1) is 3.57 Å². The second-order valence-corrected chi connectivity index (χ2v) is 3.21. The highest BCUT2D eigenvalue weighted by atomic mass is 127. The van der Waals surface area contributed by atoms with Crippen LogP contribution in [0.4, 0.5) is 5.69 Å². The van der Waals surface area contributed by atoms with Gasteiger partial charge in [-0.1, -0.05) is 0 Å². The van der Waals surface area contributed by atoms with Crippen LogP contribution in [0.3, 0.4) is 0 Å². The van der Waals surface area contributed by atoms with Crippen LogP contribution in [0.2, 0.25) is 0 Å². The lowest BCUT2D eigenvalue weighted by Crippen LogP contribution is -2.00. The molecule has 58 valence electrons. The zero-order valence-corrected chi connectivity index (χ0v) is 7.70. The summed E-state index contributed by atoms with van der Waals surface area (Å²) in [6.45, 7) is 0. The fraction of sp³-hybridized carbons (Fsp3) is 0. The SMILES string of the molecule is Nc1ccc(I)c(C(=O)O)c1. The quantitative estimate of drug-likeness (QED) is 0.597. The fourth-order valence-corrected chi connectivity index (χ4v) is 1.27. The molecule has 0 fully saturated rings. The Labute approximate surface area is 77.4 Å². The molecule has 0 spiro atoms. The topological polar surface area (TPSA) is 63.3 Å². The number of hydrogen-bond acceptors (Lipinski definition) is 2. The Balaban J connectivity index is 3.23. The van der Waals surface area contributed by atoms with E-state index in [0.717, 1.165) is 0 Å². The molecular formula is C7H6INO2. The molecule has 0 radical (unpaired) electrons. The molecule has 4 heteroatoms. The molecule has 0 unspecified atom stereocenters. The van der Waals surface area contributed by atoms with Crippen LogP contribution in [-0.4, -0.2) is 11.1 Å². The standard InChI is InChI=1S/C7H6INO2/c8-6-2-1-4(9)3-5(6)7(10)11/h1-3H,9H2,(H,10,11). The van der Waals surface area contributed by atoms with E-state index in [1.165, 1.54) is 6.07 Å². The van der Waals surface area contributed by atoms with Gasteiger partial charge >= 0.3 is 5.97 Å². The predicted molar refractivity (Wildman–Crippen MR) is 50.5 cm³/mol. The lowest BCUT2D eigenvalue weighted by Gasteiger charge is -1.98. The zero-order valence-electron chi connectivity index (χ0n) is 5.54. The number of benzene rings is 1. The summed E-state index contributed by atoms with van der Waals surface area (Å²) in [6.07, 6.45) is 0. The number of halogens is 1. The molecule has 0 aliphatic carbocycles. The van der Waals surface area contributed by atoms with Gasteiger partial charge in [-0.15, -0.1) is 0 Å². The van der Waals surface area contributed by atoms with Crippen molar-refractivity contribution < 1.29 is 9.90 Å². The number of nitrogen functional groups attached to an aromatic ring is 1. The van der Waals surface area contributed by atoms with Crippen LogP contribution in [0.15, 0.2) is 18.2 Å². The van der Waals surface area contributed by atoms with E-state index in [2.05, 4.69) is 0 Å². The molecular weight excluding hydrogens is 257 g/mol. The number of anilines is 1. The maximum Gasteiger partial charge on any atom is 0.336 e. The van der Waals surface area contributed by atoms with Crippen molar-refractivity contribution in [1.82, 2.24) is 0 Å². The minimum absolute atomic E-state index is 0.255. The van der Waals surface area contributed by atoms with Gasteiger partial charge in [-0.3, -0.25) is 0 Å². The van der Waals surface area contributed by atoms with Crippen LogP contribution in [0.5, 0.6) is 0 Å². The molecule has 0 amide bonds. The molecule has 0 atom stereocenters. The van der Waals surface area contributed by atoms with Gasteiger partial charge in [0.1, 0.15) is 0 Å². The Morgan fingerprint density at radius 3 is 2.64 bits per heavy atom. The Kier molecular flexibility index (Phi) is 2.33. The predicted octanol–water partition coefficient (Wildman–Crippen LogP) is 1.57. The number of carboxylic acid groups (broad SMARTS) is 1. The summed E-state index contributed by atoms with van der Waals surface area (Å²) in [6, 6.07) is 4.80. The molecule has 0 saturated heterocycles. The van der Waals surface area contributed by atoms with E-state index in [-0.39, 0.29) is 5.56 Å². The minimum atomic E-state index is -0.943. The molecule has 11 heavy (non-hydrogen) atoms. The van der Waals surface area contributed by atoms with Crippen LogP contribution in [-0.2, 0) is 0 Å². The molecule has 0 aliphatic rings. The highest BCUT2D eigenvalue weighted by molar-refractivity contribution is 14.1. The van der Waals surface area contributed by atoms with E-state index in [9.17, 15) is 4.79 Å². The number of aromatic carboxylic acids is 1. The summed E-state index contributed by atoms with van der Waals surface area (Å²) in [5.41, 5.74) is 6.13. The Bertz CT molecular complexity index is 298. The summed E-state index contributed by atoms with van der Waals surface area (Å²) < 4.78 is 0.698. The first-order chi connectivity index (χ1) is 5.11. The first kappa shape index (κ1) is 8.32. The highest BCUT2D eigenvalue weighted by Crippen LogP contribution is 2.15. The molecule has 1 aromatic carbocycles. The smallest absolute Gasteiger partial charge is 0.336 e. The number of rotatable bonds is 1. The van der Waals surface area contributed by atoms with E-state index >= 15 is 0 Å². The third-order valence-corrected chi connectivity index (χ3v) is 2.16. The van der Waals surface area contributed by atoms with Crippen LogP contribution < -0.4 is 5.73 Å². The number of carbonyl (C=O) groups is 1. The van der Waals surface area contributed by atoms with Gasteiger partial charge < -0.3 is 10.8 Å². The van der Waals surface area contributed by atoms with Crippen molar-refractivity contribution in [1.29, 1.82) is 0 Å². The van der Waals surface area contributed by atoms with Crippen molar-refractivity contribution in [2.75, 3.05) is 5.73 Å². The van der Waals surface area contributed by atoms with Gasteiger partial charge in [-0.2, -0.15) is 0 Å². The second kappa shape index (κ2) is 3.08. The molecule has 3 N–H and O–H groups in total. The Morgan fingerprint density at radius 1 is 1.55 bits per heavy atom. The maximum absolute atomic E-state index is 10.5. The molecule has 1 rings (SSSR count). The number of nitrogens with two attached hydrogens (primary N) is 1. The number of carboxylic acids is 1. The first-order valence-electron chi connectivity index (χ1n) is 2.89. The van der Waals surface area contributed by atoms with Crippen molar-refractivity contribution in [2.24, 2.45) is 0 Å². The van der Waals surface area contributed by atoms with Crippen molar-refractivity contribution in [3.05, 3.63) is 27.3 Å². The van der Waals surface area contributed by atoms with Crippen molar-refractivity contribution >= 4 is 34.2 Å². The lowest BCUT2D eigenvalue weighted by atomic mass is 10.2. The van der Waals surface area contributed by atoms with Crippen molar-refractivity contribution in [3.8, 4) is 0 Å². The van der Waals surface area contributed by atoms with Crippen molar-refractivity contribution in [3.63, 3.8) is 0 Å². The molecule has 0 heterocycles. The molecule has 3 nitrogen and oxygen atoms in total. The molecule has 1 aromatic rings. The normalized spacial score (nSPS) is 9.55. The molecule has 0 bridgehead atoms. The lowest BCUT2D eigenvalue weighted by molar-refractivity contribution is 0.0696. The third-order valence-electron chi connectivity index (χ3n) is 1.22. The average Bonchev–Trinajstić information content (AvgIpc) is 1.94. The van der Waals surface area contributed by atoms with E-state index in [1.807, 2.05) is 22.6 Å². The first-order valence-corrected chi connectivity index (χ1v) is 3.97. The minimum Gasteiger partial charge on any atom is -0.478 e. The van der Waals surface area contributed by atoms with Gasteiger partial charge in [-0.05, 0) is 40.8 Å². The van der Waals surface area contributed by atoms with Crippen LogP contribution in [0.25, 0.3) is 0 Å². The zero-order chi connectivity index (χ0) is 8.43. The molecule has 0 aliphatic heterocycles. The third kappa shape index (κ3) is 1.83. The summed E-state index contributed by atoms with van der Waals surface area (Å²) in [5, 5.41) is 8.63. The fourth-order valence-electron chi connectivity index (χ4n) is 0.707. The maximum atomic E-state index is 10.5. The number of hydrogen-bond donors (Lipinski definition) is 2. The van der Waals surface area contributed by atoms with Gasteiger partial charge in [0, 0.05) is 9.26 Å². The van der Waals surface area contributed by atoms with E-state index < -0.39 is 5.97 Å². The van der Waals surface area contributed by atoms with E-state index in [0.29, 0.717) is 9.26 Å². The summed E-state index contributed by atoms with van der Waals surface area (Å²) in [5.74, 6) is -0.943. The highest BCUT2D eigenvalue weighted by Gasteiger charge is 2.06. The Morgan fingerprint density at radius 2 is 2.18 bits per heavy atom. The van der Waals surface area contributed by atoms with Crippen LogP contribution >= 0.6 is 22.6 Å². The van der Waals surface area contributed by atoms with Gasteiger partial charge in [-0.25, -0.2) is 4.79 Å². The molecule has 0 aromatic heterocycles. The van der Waals surface area contributed by atoms with Gasteiger partial charge in [0.05, 0.1) is 5.56 Å². The van der Waals surface area contributed by atoms with Gasteiger partial charge in [0.25, 0.3) is 0 Å². The van der Waals surface area contributed by atoms with Crippen LogP contribution in [0.1, 0.15) is 10.4 Å². The Hall–Kier alpha value is -0.780. The summed E-state index contributed by atoms with van der Waals surface area (Å²) >= 11 is 1.96. The van der Waals surface area contributed by atoms with E-state index in [4.69, 9.17) is 10.8 Å². The van der Waals surface area contributed by atoms with Gasteiger partial charge in [0.15, 0.2) is 0 Å². The van der Waals surface area contributed by atoms with Crippen molar-refractivity contribution in [2.45, 2.75) is 0 Å². The van der Waals surface area contributed by atoms with E-state index in [1.54, 1.807) is 12.1 Å². The van der Waals surface area contributed by atoms with Gasteiger partial charge in [0.2, 0.25) is 0 Å². The largest absolute Gasteiger partial charge is 0.478 e. The average molecular weight is 263 g/mol. The molecule has 0 saturated carbocycles. The summed E-state index contributed by atoms with van der Waals surface area (Å²) in [4.78, 5) is 10.5. The monoisotopic (exact) mass is 263 g/mol. The second-order valence-electron chi connectivity index (χ2n) is 2.04. The summed E-state index contributed by atoms with van der Waals surface area (Å²) in [7, 11) is 0.